The maximum atomic E-state index is 5.75. The largest absolute Gasteiger partial charge is 0.492 e. The van der Waals surface area contributed by atoms with Crippen molar-refractivity contribution in [1.29, 1.82) is 0 Å². The quantitative estimate of drug-likeness (QED) is 0.567. The average Bonchev–Trinajstić information content (AvgIpc) is 3.25. The van der Waals surface area contributed by atoms with Gasteiger partial charge in [0.1, 0.15) is 12.4 Å². The van der Waals surface area contributed by atoms with E-state index in [1.165, 1.54) is 0 Å². The third kappa shape index (κ3) is 2.86. The Morgan fingerprint density at radius 2 is 1.96 bits per heavy atom. The molecule has 0 amide bonds. The summed E-state index contributed by atoms with van der Waals surface area (Å²) >= 11 is 0. The standard InChI is InChI=1S/C18H17N5O/c1-14-3-2-9-23-18(14)20-17(21-23)15-4-6-16(7-5-15)24-12-11-22-10-8-19-13-22/h2-10,13H,11-12H2,1H3. The molecule has 3 heterocycles. The van der Waals surface area contributed by atoms with Crippen LogP contribution in [0.5, 0.6) is 5.75 Å². The molecule has 0 saturated carbocycles. The van der Waals surface area contributed by atoms with Crippen molar-refractivity contribution in [2.75, 3.05) is 6.61 Å². The fraction of sp³-hybridized carbons (Fsp3) is 0.167. The van der Waals surface area contributed by atoms with Gasteiger partial charge >= 0.3 is 0 Å². The van der Waals surface area contributed by atoms with Crippen LogP contribution in [0.2, 0.25) is 0 Å². The number of nitrogens with zero attached hydrogens (tertiary/aromatic N) is 5. The smallest absolute Gasteiger partial charge is 0.182 e. The van der Waals surface area contributed by atoms with Crippen LogP contribution in [0.25, 0.3) is 17.0 Å². The second-order valence-corrected chi connectivity index (χ2v) is 5.57. The summed E-state index contributed by atoms with van der Waals surface area (Å²) in [6.07, 6.45) is 7.37. The second kappa shape index (κ2) is 6.16. The first-order chi connectivity index (χ1) is 11.8. The lowest BCUT2D eigenvalue weighted by atomic mass is 10.2. The highest BCUT2D eigenvalue weighted by Crippen LogP contribution is 2.21. The lowest BCUT2D eigenvalue weighted by Gasteiger charge is -2.06. The SMILES string of the molecule is Cc1cccn2nc(-c3ccc(OCCn4ccnc4)cc3)nc12. The number of benzene rings is 1. The van der Waals surface area contributed by atoms with E-state index in [1.54, 1.807) is 17.0 Å². The maximum absolute atomic E-state index is 5.75. The van der Waals surface area contributed by atoms with E-state index >= 15 is 0 Å². The van der Waals surface area contributed by atoms with Gasteiger partial charge in [0.2, 0.25) is 0 Å². The number of ether oxygens (including phenoxy) is 1. The molecule has 0 spiro atoms. The summed E-state index contributed by atoms with van der Waals surface area (Å²) in [6.45, 7) is 3.40. The number of pyridine rings is 1. The summed E-state index contributed by atoms with van der Waals surface area (Å²) in [7, 11) is 0. The number of hydrogen-bond donors (Lipinski definition) is 0. The number of fused-ring (bicyclic) bond motifs is 1. The molecule has 0 unspecified atom stereocenters. The summed E-state index contributed by atoms with van der Waals surface area (Å²) in [4.78, 5) is 8.62. The molecular weight excluding hydrogens is 302 g/mol. The Kier molecular flexibility index (Phi) is 3.70. The predicted octanol–water partition coefficient (Wildman–Crippen LogP) is 2.98. The van der Waals surface area contributed by atoms with Crippen LogP contribution in [-0.4, -0.2) is 30.8 Å². The average molecular weight is 319 g/mol. The van der Waals surface area contributed by atoms with Crippen LogP contribution in [0, 0.1) is 6.92 Å². The molecule has 4 aromatic rings. The molecule has 6 heteroatoms. The molecule has 0 aliphatic rings. The summed E-state index contributed by atoms with van der Waals surface area (Å²) in [5.74, 6) is 1.55. The van der Waals surface area contributed by atoms with E-state index in [2.05, 4.69) is 15.1 Å². The van der Waals surface area contributed by atoms with E-state index in [0.29, 0.717) is 12.4 Å². The fourth-order valence-electron chi connectivity index (χ4n) is 2.55. The van der Waals surface area contributed by atoms with Gasteiger partial charge < -0.3 is 9.30 Å². The molecule has 0 atom stereocenters. The van der Waals surface area contributed by atoms with Crippen molar-refractivity contribution in [3.05, 3.63) is 66.9 Å². The molecule has 0 aliphatic carbocycles. The van der Waals surface area contributed by atoms with Gasteiger partial charge in [0.15, 0.2) is 11.5 Å². The minimum atomic E-state index is 0.599. The van der Waals surface area contributed by atoms with E-state index < -0.39 is 0 Å². The normalized spacial score (nSPS) is 11.0. The van der Waals surface area contributed by atoms with Gasteiger partial charge in [-0.2, -0.15) is 0 Å². The maximum Gasteiger partial charge on any atom is 0.182 e. The van der Waals surface area contributed by atoms with Crippen molar-refractivity contribution < 1.29 is 4.74 Å². The minimum Gasteiger partial charge on any atom is -0.492 e. The van der Waals surface area contributed by atoms with E-state index in [1.807, 2.05) is 60.3 Å². The molecule has 0 N–H and O–H groups in total. The molecule has 0 saturated heterocycles. The van der Waals surface area contributed by atoms with Gasteiger partial charge in [0.25, 0.3) is 0 Å². The van der Waals surface area contributed by atoms with E-state index in [9.17, 15) is 0 Å². The summed E-state index contributed by atoms with van der Waals surface area (Å²) in [5.41, 5.74) is 2.96. The first-order valence-corrected chi connectivity index (χ1v) is 7.80. The van der Waals surface area contributed by atoms with Gasteiger partial charge in [0, 0.05) is 24.2 Å². The molecule has 0 aliphatic heterocycles. The molecule has 24 heavy (non-hydrogen) atoms. The highest BCUT2D eigenvalue weighted by molar-refractivity contribution is 5.60. The zero-order valence-electron chi connectivity index (χ0n) is 13.3. The van der Waals surface area contributed by atoms with Crippen LogP contribution in [0.3, 0.4) is 0 Å². The Morgan fingerprint density at radius 1 is 1.08 bits per heavy atom. The molecule has 0 fully saturated rings. The number of imidazole rings is 1. The summed E-state index contributed by atoms with van der Waals surface area (Å²) in [6, 6.07) is 11.9. The van der Waals surface area contributed by atoms with Crippen LogP contribution in [0.1, 0.15) is 5.56 Å². The van der Waals surface area contributed by atoms with Crippen LogP contribution in [-0.2, 0) is 6.54 Å². The molecule has 0 bridgehead atoms. The molecular formula is C18H17N5O. The Bertz CT molecular complexity index is 941. The summed E-state index contributed by atoms with van der Waals surface area (Å²) < 4.78 is 9.54. The third-order valence-corrected chi connectivity index (χ3v) is 3.85. The Labute approximate surface area is 139 Å². The number of rotatable bonds is 5. The van der Waals surface area contributed by atoms with Crippen LogP contribution >= 0.6 is 0 Å². The first kappa shape index (κ1) is 14.4. The van der Waals surface area contributed by atoms with Crippen molar-refractivity contribution >= 4 is 5.65 Å². The number of aromatic nitrogens is 5. The molecule has 1 aromatic carbocycles. The van der Waals surface area contributed by atoms with Gasteiger partial charge in [-0.25, -0.2) is 14.5 Å². The summed E-state index contributed by atoms with van der Waals surface area (Å²) in [5, 5.41) is 4.52. The zero-order valence-corrected chi connectivity index (χ0v) is 13.3. The minimum absolute atomic E-state index is 0.599. The van der Waals surface area contributed by atoms with E-state index in [-0.39, 0.29) is 0 Å². The molecule has 120 valence electrons. The van der Waals surface area contributed by atoms with Gasteiger partial charge in [-0.3, -0.25) is 0 Å². The van der Waals surface area contributed by atoms with E-state index in [4.69, 9.17) is 4.74 Å². The lowest BCUT2D eigenvalue weighted by Crippen LogP contribution is -2.06. The Balaban J connectivity index is 1.47. The molecule has 6 nitrogen and oxygen atoms in total. The lowest BCUT2D eigenvalue weighted by molar-refractivity contribution is 0.298. The van der Waals surface area contributed by atoms with Crippen molar-refractivity contribution in [2.24, 2.45) is 0 Å². The van der Waals surface area contributed by atoms with Crippen molar-refractivity contribution in [2.45, 2.75) is 13.5 Å². The highest BCUT2D eigenvalue weighted by atomic mass is 16.5. The number of aryl methyl sites for hydroxylation is 1. The van der Waals surface area contributed by atoms with Crippen LogP contribution in [0.4, 0.5) is 0 Å². The van der Waals surface area contributed by atoms with Crippen LogP contribution in [0.15, 0.2) is 61.3 Å². The predicted molar refractivity (Wildman–Crippen MR) is 90.9 cm³/mol. The van der Waals surface area contributed by atoms with Gasteiger partial charge in [0.05, 0.1) is 12.9 Å². The topological polar surface area (TPSA) is 57.2 Å². The van der Waals surface area contributed by atoms with Gasteiger partial charge in [-0.1, -0.05) is 6.07 Å². The van der Waals surface area contributed by atoms with E-state index in [0.717, 1.165) is 29.1 Å². The highest BCUT2D eigenvalue weighted by Gasteiger charge is 2.08. The Morgan fingerprint density at radius 3 is 2.71 bits per heavy atom. The van der Waals surface area contributed by atoms with Crippen LogP contribution < -0.4 is 4.74 Å². The van der Waals surface area contributed by atoms with Gasteiger partial charge in [-0.15, -0.1) is 5.10 Å². The molecule has 3 aromatic heterocycles. The van der Waals surface area contributed by atoms with Crippen molar-refractivity contribution in [3.63, 3.8) is 0 Å². The van der Waals surface area contributed by atoms with Crippen molar-refractivity contribution in [3.8, 4) is 17.1 Å². The van der Waals surface area contributed by atoms with Crippen molar-refractivity contribution in [1.82, 2.24) is 24.1 Å². The molecule has 4 rings (SSSR count). The second-order valence-electron chi connectivity index (χ2n) is 5.57. The monoisotopic (exact) mass is 319 g/mol. The fourth-order valence-corrected chi connectivity index (χ4v) is 2.55. The van der Waals surface area contributed by atoms with Gasteiger partial charge in [-0.05, 0) is 42.8 Å². The Hall–Kier alpha value is -3.15. The first-order valence-electron chi connectivity index (χ1n) is 7.80. The third-order valence-electron chi connectivity index (χ3n) is 3.85. The number of hydrogen-bond acceptors (Lipinski definition) is 4. The molecule has 0 radical (unpaired) electrons. The zero-order chi connectivity index (χ0) is 16.4.